The molecule has 4 aliphatic carbocycles. The molecule has 0 radical (unpaired) electrons. The highest BCUT2D eigenvalue weighted by atomic mass is 15.1. The van der Waals surface area contributed by atoms with Crippen LogP contribution in [-0.2, 0) is 0 Å². The third kappa shape index (κ3) is 2.14. The molecule has 0 aromatic carbocycles. The van der Waals surface area contributed by atoms with Crippen molar-refractivity contribution in [2.45, 2.75) is 66.8 Å². The Labute approximate surface area is 144 Å². The van der Waals surface area contributed by atoms with Crippen LogP contribution in [0.4, 0.5) is 0 Å². The number of nitrogens with zero attached hydrogens (tertiary/aromatic N) is 1. The van der Waals surface area contributed by atoms with Gasteiger partial charge < -0.3 is 4.90 Å². The third-order valence-corrected chi connectivity index (χ3v) is 8.60. The van der Waals surface area contributed by atoms with Crippen molar-refractivity contribution in [1.82, 2.24) is 4.90 Å². The van der Waals surface area contributed by atoms with Crippen molar-refractivity contribution in [2.24, 2.45) is 58.2 Å². The second-order valence-corrected chi connectivity index (χ2v) is 11.9. The zero-order chi connectivity index (χ0) is 16.9. The van der Waals surface area contributed by atoms with Crippen LogP contribution in [-0.4, -0.2) is 25.0 Å². The lowest BCUT2D eigenvalue weighted by molar-refractivity contribution is -0.0557. The zero-order valence-corrected chi connectivity index (χ0v) is 16.8. The van der Waals surface area contributed by atoms with Gasteiger partial charge in [-0.1, -0.05) is 41.5 Å². The van der Waals surface area contributed by atoms with E-state index >= 15 is 0 Å². The van der Waals surface area contributed by atoms with E-state index in [9.17, 15) is 0 Å². The van der Waals surface area contributed by atoms with Gasteiger partial charge in [-0.2, -0.15) is 0 Å². The summed E-state index contributed by atoms with van der Waals surface area (Å²) >= 11 is 0. The molecule has 4 rings (SSSR count). The SMILES string of the molecule is CN(C)C1CC2CC1C1C3CC(C21)C(C(C)(C)C)C3C(C)(C)C. The minimum absolute atomic E-state index is 0.470. The molecule has 132 valence electrons. The Hall–Kier alpha value is -0.0400. The quantitative estimate of drug-likeness (QED) is 0.604. The molecule has 0 aromatic heterocycles. The van der Waals surface area contributed by atoms with Crippen molar-refractivity contribution < 1.29 is 0 Å². The van der Waals surface area contributed by atoms with E-state index in [2.05, 4.69) is 60.5 Å². The molecule has 0 N–H and O–H groups in total. The maximum Gasteiger partial charge on any atom is 0.0123 e. The number of hydrogen-bond donors (Lipinski definition) is 0. The van der Waals surface area contributed by atoms with Crippen LogP contribution in [0.5, 0.6) is 0 Å². The third-order valence-electron chi connectivity index (χ3n) is 8.60. The average molecular weight is 318 g/mol. The molecule has 4 aliphatic rings. The summed E-state index contributed by atoms with van der Waals surface area (Å²) in [6, 6.07) is 0.884. The van der Waals surface area contributed by atoms with Gasteiger partial charge in [0.2, 0.25) is 0 Å². The smallest absolute Gasteiger partial charge is 0.0123 e. The average Bonchev–Trinajstić information content (AvgIpc) is 3.11. The molecule has 1 nitrogen and oxygen atoms in total. The molecule has 0 aromatic rings. The fourth-order valence-corrected chi connectivity index (χ4v) is 8.54. The second-order valence-electron chi connectivity index (χ2n) is 11.9. The minimum atomic E-state index is 0.470. The van der Waals surface area contributed by atoms with E-state index in [0.29, 0.717) is 10.8 Å². The predicted molar refractivity (Wildman–Crippen MR) is 98.2 cm³/mol. The van der Waals surface area contributed by atoms with Gasteiger partial charge in [-0.25, -0.2) is 0 Å². The molecule has 0 aliphatic heterocycles. The van der Waals surface area contributed by atoms with Gasteiger partial charge in [0.05, 0.1) is 0 Å². The first-order valence-corrected chi connectivity index (χ1v) is 10.2. The van der Waals surface area contributed by atoms with Crippen molar-refractivity contribution in [2.75, 3.05) is 14.1 Å². The van der Waals surface area contributed by atoms with Gasteiger partial charge in [-0.3, -0.25) is 0 Å². The molecule has 1 heteroatoms. The summed E-state index contributed by atoms with van der Waals surface area (Å²) in [5.74, 6) is 8.16. The highest BCUT2D eigenvalue weighted by Crippen LogP contribution is 2.74. The minimum Gasteiger partial charge on any atom is -0.306 e. The first kappa shape index (κ1) is 16.4. The van der Waals surface area contributed by atoms with E-state index < -0.39 is 0 Å². The molecule has 9 unspecified atom stereocenters. The lowest BCUT2D eigenvalue weighted by atomic mass is 9.52. The molecule has 0 heterocycles. The van der Waals surface area contributed by atoms with Crippen LogP contribution in [0.25, 0.3) is 0 Å². The molecule has 4 bridgehead atoms. The molecule has 4 fully saturated rings. The summed E-state index contributed by atoms with van der Waals surface area (Å²) in [6.45, 7) is 15.2. The zero-order valence-electron chi connectivity index (χ0n) is 16.8. The monoisotopic (exact) mass is 317 g/mol. The predicted octanol–water partition coefficient (Wildman–Crippen LogP) is 5.16. The van der Waals surface area contributed by atoms with Crippen LogP contribution in [0.2, 0.25) is 0 Å². The molecular formula is C22H39N. The summed E-state index contributed by atoms with van der Waals surface area (Å²) in [4.78, 5) is 2.56. The molecule has 4 saturated carbocycles. The van der Waals surface area contributed by atoms with Crippen molar-refractivity contribution >= 4 is 0 Å². The molecule has 23 heavy (non-hydrogen) atoms. The van der Waals surface area contributed by atoms with Crippen LogP contribution in [0.15, 0.2) is 0 Å². The molecule has 0 saturated heterocycles. The summed E-state index contributed by atoms with van der Waals surface area (Å²) in [5.41, 5.74) is 0.947. The van der Waals surface area contributed by atoms with E-state index in [1.165, 1.54) is 6.42 Å². The molecular weight excluding hydrogens is 278 g/mol. The van der Waals surface area contributed by atoms with Crippen LogP contribution < -0.4 is 0 Å². The maximum absolute atomic E-state index is 2.56. The molecule has 0 spiro atoms. The first-order chi connectivity index (χ1) is 10.5. The molecule has 0 amide bonds. The van der Waals surface area contributed by atoms with Crippen LogP contribution in [0.1, 0.15) is 60.8 Å². The fraction of sp³-hybridized carbons (Fsp3) is 1.00. The normalized spacial score (nSPS) is 51.8. The van der Waals surface area contributed by atoms with E-state index in [4.69, 9.17) is 0 Å². The Kier molecular flexibility index (Phi) is 3.41. The maximum atomic E-state index is 2.56. The van der Waals surface area contributed by atoms with Gasteiger partial charge in [-0.15, -0.1) is 0 Å². The Morgan fingerprint density at radius 3 is 1.65 bits per heavy atom. The number of fused-ring (bicyclic) bond motifs is 9. The van der Waals surface area contributed by atoms with Crippen LogP contribution >= 0.6 is 0 Å². The highest BCUT2D eigenvalue weighted by molar-refractivity contribution is 5.18. The number of rotatable bonds is 1. The largest absolute Gasteiger partial charge is 0.306 e. The second kappa shape index (κ2) is 4.77. The summed E-state index contributed by atoms with van der Waals surface area (Å²) < 4.78 is 0. The van der Waals surface area contributed by atoms with Gasteiger partial charge in [0.1, 0.15) is 0 Å². The summed E-state index contributed by atoms with van der Waals surface area (Å²) in [6.07, 6.45) is 4.62. The van der Waals surface area contributed by atoms with Gasteiger partial charge >= 0.3 is 0 Å². The van der Waals surface area contributed by atoms with E-state index in [-0.39, 0.29) is 0 Å². The van der Waals surface area contributed by atoms with E-state index in [0.717, 1.165) is 53.4 Å². The Bertz CT molecular complexity index is 479. The van der Waals surface area contributed by atoms with E-state index in [1.807, 2.05) is 0 Å². The topological polar surface area (TPSA) is 3.24 Å². The number of hydrogen-bond acceptors (Lipinski definition) is 1. The van der Waals surface area contributed by atoms with Gasteiger partial charge in [0, 0.05) is 6.04 Å². The Balaban J connectivity index is 1.70. The standard InChI is InChI=1S/C22H39N/c1-21(2,3)19-14-11-15(20(19)22(4,5)6)18-13-9-12(17(14)18)10-16(13)23(7)8/h12-20H,9-11H2,1-8H3. The lowest BCUT2D eigenvalue weighted by Gasteiger charge is -2.53. The van der Waals surface area contributed by atoms with Gasteiger partial charge in [-0.05, 0) is 91.5 Å². The van der Waals surface area contributed by atoms with Crippen LogP contribution in [0, 0.1) is 58.2 Å². The van der Waals surface area contributed by atoms with Crippen molar-refractivity contribution in [1.29, 1.82) is 0 Å². The lowest BCUT2D eigenvalue weighted by Crippen LogP contribution is -2.50. The fourth-order valence-electron chi connectivity index (χ4n) is 8.54. The Morgan fingerprint density at radius 2 is 1.17 bits per heavy atom. The Morgan fingerprint density at radius 1 is 0.652 bits per heavy atom. The highest BCUT2D eigenvalue weighted by Gasteiger charge is 2.69. The van der Waals surface area contributed by atoms with Crippen molar-refractivity contribution in [3.05, 3.63) is 0 Å². The molecule has 9 atom stereocenters. The van der Waals surface area contributed by atoms with Crippen LogP contribution in [0.3, 0.4) is 0 Å². The van der Waals surface area contributed by atoms with E-state index in [1.54, 1.807) is 12.8 Å². The van der Waals surface area contributed by atoms with Gasteiger partial charge in [0.25, 0.3) is 0 Å². The summed E-state index contributed by atoms with van der Waals surface area (Å²) in [5, 5.41) is 0. The van der Waals surface area contributed by atoms with Crippen molar-refractivity contribution in [3.63, 3.8) is 0 Å². The summed E-state index contributed by atoms with van der Waals surface area (Å²) in [7, 11) is 4.65. The van der Waals surface area contributed by atoms with Crippen molar-refractivity contribution in [3.8, 4) is 0 Å². The first-order valence-electron chi connectivity index (χ1n) is 10.2. The van der Waals surface area contributed by atoms with Gasteiger partial charge in [0.15, 0.2) is 0 Å².